The average Bonchev–Trinajstić information content (AvgIpc) is 3.21. The van der Waals surface area contributed by atoms with E-state index in [9.17, 15) is 4.79 Å². The monoisotopic (exact) mass is 333 g/mol. The number of esters is 1. The van der Waals surface area contributed by atoms with E-state index in [1.165, 1.54) is 12.8 Å². The Labute approximate surface area is 143 Å². The normalized spacial score (nSPS) is 25.0. The van der Waals surface area contributed by atoms with Crippen molar-refractivity contribution in [3.63, 3.8) is 0 Å². The van der Waals surface area contributed by atoms with Gasteiger partial charge < -0.3 is 19.5 Å². The number of benzene rings is 1. The van der Waals surface area contributed by atoms with Crippen LogP contribution in [0.1, 0.15) is 51.0 Å². The van der Waals surface area contributed by atoms with Gasteiger partial charge in [-0.25, -0.2) is 0 Å². The molecule has 1 aromatic rings. The first-order chi connectivity index (χ1) is 11.7. The fraction of sp³-hybridized carbons (Fsp3) is 0.632. The molecule has 1 aromatic carbocycles. The van der Waals surface area contributed by atoms with Gasteiger partial charge in [0.1, 0.15) is 0 Å². The minimum Gasteiger partial charge on any atom is -0.466 e. The van der Waals surface area contributed by atoms with Gasteiger partial charge in [-0.2, -0.15) is 0 Å². The first-order valence-electron chi connectivity index (χ1n) is 9.04. The van der Waals surface area contributed by atoms with Crippen LogP contribution < -0.4 is 14.8 Å². The van der Waals surface area contributed by atoms with Crippen LogP contribution in [0.15, 0.2) is 18.2 Å². The number of carbonyl (C=O) groups excluding carboxylic acids is 1. The molecule has 2 heterocycles. The third-order valence-corrected chi connectivity index (χ3v) is 4.97. The molecule has 3 atom stereocenters. The topological polar surface area (TPSA) is 56.8 Å². The molecule has 0 bridgehead atoms. The van der Waals surface area contributed by atoms with Gasteiger partial charge >= 0.3 is 5.97 Å². The lowest BCUT2D eigenvalue weighted by Gasteiger charge is -2.23. The van der Waals surface area contributed by atoms with Crippen molar-refractivity contribution in [2.24, 2.45) is 5.92 Å². The fourth-order valence-corrected chi connectivity index (χ4v) is 3.74. The van der Waals surface area contributed by atoms with E-state index in [1.807, 2.05) is 25.1 Å². The number of hydrogen-bond acceptors (Lipinski definition) is 5. The van der Waals surface area contributed by atoms with Crippen LogP contribution in [0.4, 0.5) is 0 Å². The standard InChI is InChI=1S/C19H27NO4/c1-3-5-6-7-15-18(19(21)22-4-2)14(11-20-15)13-8-9-16-17(10-13)24-12-23-16/h8-10,14-15,18,20H,3-7,11-12H2,1-2H3/t14-,15+,18-/m1/s1. The van der Waals surface area contributed by atoms with Crippen molar-refractivity contribution in [3.05, 3.63) is 23.8 Å². The maximum atomic E-state index is 12.6. The van der Waals surface area contributed by atoms with Crippen LogP contribution in [0.2, 0.25) is 0 Å². The van der Waals surface area contributed by atoms with Gasteiger partial charge in [0.15, 0.2) is 11.5 Å². The Morgan fingerprint density at radius 1 is 1.25 bits per heavy atom. The third-order valence-electron chi connectivity index (χ3n) is 4.97. The lowest BCUT2D eigenvalue weighted by atomic mass is 9.83. The van der Waals surface area contributed by atoms with Crippen LogP contribution in [0.3, 0.4) is 0 Å². The molecular weight excluding hydrogens is 306 g/mol. The molecule has 2 aliphatic rings. The first-order valence-corrected chi connectivity index (χ1v) is 9.04. The lowest BCUT2D eigenvalue weighted by molar-refractivity contribution is -0.148. The van der Waals surface area contributed by atoms with Crippen molar-refractivity contribution >= 4 is 5.97 Å². The molecule has 0 saturated carbocycles. The highest BCUT2D eigenvalue weighted by Crippen LogP contribution is 2.40. The zero-order valence-electron chi connectivity index (χ0n) is 14.5. The Balaban J connectivity index is 1.78. The van der Waals surface area contributed by atoms with E-state index in [-0.39, 0.29) is 30.6 Å². The zero-order chi connectivity index (χ0) is 16.9. The summed E-state index contributed by atoms with van der Waals surface area (Å²) in [7, 11) is 0. The Morgan fingerprint density at radius 2 is 2.08 bits per heavy atom. The summed E-state index contributed by atoms with van der Waals surface area (Å²) in [4.78, 5) is 12.6. The Hall–Kier alpha value is -1.75. The van der Waals surface area contributed by atoms with E-state index in [2.05, 4.69) is 12.2 Å². The Kier molecular flexibility index (Phi) is 5.61. The van der Waals surface area contributed by atoms with Crippen LogP contribution in [-0.2, 0) is 9.53 Å². The van der Waals surface area contributed by atoms with E-state index in [0.29, 0.717) is 6.61 Å². The summed E-state index contributed by atoms with van der Waals surface area (Å²) < 4.78 is 16.2. The molecule has 0 aromatic heterocycles. The number of ether oxygens (including phenoxy) is 3. The van der Waals surface area contributed by atoms with Gasteiger partial charge in [-0.3, -0.25) is 4.79 Å². The Bertz CT molecular complexity index is 574. The molecule has 132 valence electrons. The molecule has 5 nitrogen and oxygen atoms in total. The predicted octanol–water partition coefficient (Wildman–Crippen LogP) is 3.23. The van der Waals surface area contributed by atoms with Crippen molar-refractivity contribution in [2.45, 2.75) is 51.5 Å². The highest BCUT2D eigenvalue weighted by Gasteiger charge is 2.42. The molecule has 0 unspecified atom stereocenters. The molecule has 1 saturated heterocycles. The van der Waals surface area contributed by atoms with Gasteiger partial charge in [-0.15, -0.1) is 0 Å². The van der Waals surface area contributed by atoms with Crippen LogP contribution >= 0.6 is 0 Å². The molecule has 0 aliphatic carbocycles. The van der Waals surface area contributed by atoms with E-state index >= 15 is 0 Å². The van der Waals surface area contributed by atoms with Gasteiger partial charge in [0.2, 0.25) is 6.79 Å². The fourth-order valence-electron chi connectivity index (χ4n) is 3.74. The van der Waals surface area contributed by atoms with Crippen LogP contribution in [0, 0.1) is 5.92 Å². The second-order valence-corrected chi connectivity index (χ2v) is 6.51. The quantitative estimate of drug-likeness (QED) is 0.613. The van der Waals surface area contributed by atoms with Crippen molar-refractivity contribution in [2.75, 3.05) is 19.9 Å². The maximum Gasteiger partial charge on any atom is 0.311 e. The summed E-state index contributed by atoms with van der Waals surface area (Å²) in [5.41, 5.74) is 1.11. The van der Waals surface area contributed by atoms with Crippen LogP contribution in [0.25, 0.3) is 0 Å². The number of hydrogen-bond donors (Lipinski definition) is 1. The van der Waals surface area contributed by atoms with Crippen molar-refractivity contribution in [3.8, 4) is 11.5 Å². The summed E-state index contributed by atoms with van der Waals surface area (Å²) in [5.74, 6) is 1.43. The lowest BCUT2D eigenvalue weighted by Crippen LogP contribution is -2.33. The molecule has 24 heavy (non-hydrogen) atoms. The van der Waals surface area contributed by atoms with Crippen LogP contribution in [-0.4, -0.2) is 32.0 Å². The van der Waals surface area contributed by atoms with E-state index in [0.717, 1.165) is 36.4 Å². The van der Waals surface area contributed by atoms with Gasteiger partial charge in [0.25, 0.3) is 0 Å². The minimum absolute atomic E-state index is 0.0911. The maximum absolute atomic E-state index is 12.6. The summed E-state index contributed by atoms with van der Waals surface area (Å²) >= 11 is 0. The van der Waals surface area contributed by atoms with Gasteiger partial charge in [0.05, 0.1) is 12.5 Å². The largest absolute Gasteiger partial charge is 0.466 e. The predicted molar refractivity (Wildman–Crippen MR) is 91.4 cm³/mol. The molecule has 3 rings (SSSR count). The van der Waals surface area contributed by atoms with Gasteiger partial charge in [-0.05, 0) is 31.0 Å². The molecule has 1 fully saturated rings. The highest BCUT2D eigenvalue weighted by molar-refractivity contribution is 5.75. The minimum atomic E-state index is -0.137. The molecular formula is C19H27NO4. The Morgan fingerprint density at radius 3 is 2.88 bits per heavy atom. The van der Waals surface area contributed by atoms with Crippen molar-refractivity contribution in [1.82, 2.24) is 5.32 Å². The van der Waals surface area contributed by atoms with E-state index in [4.69, 9.17) is 14.2 Å². The molecule has 2 aliphatic heterocycles. The molecule has 0 radical (unpaired) electrons. The number of carbonyl (C=O) groups is 1. The second kappa shape index (κ2) is 7.88. The second-order valence-electron chi connectivity index (χ2n) is 6.51. The third kappa shape index (κ3) is 3.51. The first kappa shape index (κ1) is 17.1. The highest BCUT2D eigenvalue weighted by atomic mass is 16.7. The van der Waals surface area contributed by atoms with Gasteiger partial charge in [0, 0.05) is 18.5 Å². The van der Waals surface area contributed by atoms with Crippen LogP contribution in [0.5, 0.6) is 11.5 Å². The summed E-state index contributed by atoms with van der Waals surface area (Å²) in [6.07, 6.45) is 4.53. The molecule has 1 N–H and O–H groups in total. The summed E-state index contributed by atoms with van der Waals surface area (Å²) in [6.45, 7) is 5.54. The summed E-state index contributed by atoms with van der Waals surface area (Å²) in [5, 5.41) is 3.55. The summed E-state index contributed by atoms with van der Waals surface area (Å²) in [6, 6.07) is 6.17. The zero-order valence-corrected chi connectivity index (χ0v) is 14.5. The van der Waals surface area contributed by atoms with E-state index in [1.54, 1.807) is 0 Å². The SMILES string of the molecule is CCCCC[C@@H]1NC[C@H](c2ccc3c(c2)OCO3)[C@H]1C(=O)OCC. The molecule has 0 amide bonds. The van der Waals surface area contributed by atoms with Gasteiger partial charge in [-0.1, -0.05) is 32.3 Å². The molecule has 0 spiro atoms. The van der Waals surface area contributed by atoms with Crippen molar-refractivity contribution < 1.29 is 19.0 Å². The number of nitrogens with one attached hydrogen (secondary N) is 1. The molecule has 5 heteroatoms. The smallest absolute Gasteiger partial charge is 0.311 e. The average molecular weight is 333 g/mol. The number of unbranched alkanes of at least 4 members (excludes halogenated alkanes) is 2. The van der Waals surface area contributed by atoms with Crippen molar-refractivity contribution in [1.29, 1.82) is 0 Å². The number of fused-ring (bicyclic) bond motifs is 1. The number of rotatable bonds is 7. The van der Waals surface area contributed by atoms with E-state index < -0.39 is 0 Å².